The molecule has 0 atom stereocenters. The second-order valence-corrected chi connectivity index (χ2v) is 6.09. The van der Waals surface area contributed by atoms with Gasteiger partial charge in [0.1, 0.15) is 5.75 Å². The fourth-order valence-electron chi connectivity index (χ4n) is 2.19. The van der Waals surface area contributed by atoms with Crippen molar-refractivity contribution in [1.82, 2.24) is 9.80 Å². The summed E-state index contributed by atoms with van der Waals surface area (Å²) >= 11 is 3.34. The molecule has 5 nitrogen and oxygen atoms in total. The number of carbonyl (C=O) groups excluding carboxylic acids is 2. The normalized spacial score (nSPS) is 15.9. The summed E-state index contributed by atoms with van der Waals surface area (Å²) in [5.74, 6) is 0.321. The molecule has 0 aliphatic carbocycles. The number of benzene rings is 1. The van der Waals surface area contributed by atoms with E-state index in [2.05, 4.69) is 20.8 Å². The van der Waals surface area contributed by atoms with E-state index in [0.29, 0.717) is 11.3 Å². The van der Waals surface area contributed by atoms with Gasteiger partial charge in [0.05, 0.1) is 5.56 Å². The van der Waals surface area contributed by atoms with Crippen LogP contribution in [0.3, 0.4) is 0 Å². The van der Waals surface area contributed by atoms with Crippen molar-refractivity contribution in [3.05, 3.63) is 28.2 Å². The van der Waals surface area contributed by atoms with E-state index >= 15 is 0 Å². The van der Waals surface area contributed by atoms with Crippen LogP contribution in [-0.4, -0.2) is 61.3 Å². The first-order chi connectivity index (χ1) is 9.97. The molecule has 2 rings (SSSR count). The molecular weight excluding hydrogens is 336 g/mol. The van der Waals surface area contributed by atoms with Crippen LogP contribution in [0.1, 0.15) is 17.3 Å². The lowest BCUT2D eigenvalue weighted by molar-refractivity contribution is -0.134. The number of piperazine rings is 1. The second kappa shape index (κ2) is 7.04. The first kappa shape index (κ1) is 16.0. The first-order valence-corrected chi connectivity index (χ1v) is 7.66. The average Bonchev–Trinajstić information content (AvgIpc) is 2.45. The number of hydrogen-bond acceptors (Lipinski definition) is 4. The number of nitrogens with zero attached hydrogens (tertiary/aromatic N) is 2. The van der Waals surface area contributed by atoms with Gasteiger partial charge in [0.2, 0.25) is 0 Å². The van der Waals surface area contributed by atoms with E-state index in [0.717, 1.165) is 30.7 Å². The highest BCUT2D eigenvalue weighted by molar-refractivity contribution is 9.10. The first-order valence-electron chi connectivity index (χ1n) is 6.87. The fraction of sp³-hybridized carbons (Fsp3) is 0.467. The third-order valence-electron chi connectivity index (χ3n) is 3.53. The van der Waals surface area contributed by atoms with Gasteiger partial charge < -0.3 is 14.5 Å². The van der Waals surface area contributed by atoms with Crippen LogP contribution in [0.4, 0.5) is 0 Å². The average molecular weight is 355 g/mol. The zero-order valence-electron chi connectivity index (χ0n) is 12.3. The van der Waals surface area contributed by atoms with E-state index < -0.39 is 0 Å². The standard InChI is InChI=1S/C15H19BrN2O3/c1-11(19)13-4-3-12(16)9-14(13)21-10-15(20)18-7-5-17(2)6-8-18/h3-4,9H,5-8,10H2,1-2H3. The summed E-state index contributed by atoms with van der Waals surface area (Å²) < 4.78 is 6.38. The predicted octanol–water partition coefficient (Wildman–Crippen LogP) is 1.80. The van der Waals surface area contributed by atoms with Gasteiger partial charge >= 0.3 is 0 Å². The topological polar surface area (TPSA) is 49.9 Å². The number of likely N-dealkylation sites (N-methyl/N-ethyl adjacent to an activating group) is 1. The molecule has 0 unspecified atom stereocenters. The summed E-state index contributed by atoms with van der Waals surface area (Å²) in [6.07, 6.45) is 0. The minimum atomic E-state index is -0.0791. The lowest BCUT2D eigenvalue weighted by Gasteiger charge is -2.32. The maximum atomic E-state index is 12.1. The molecule has 1 heterocycles. The molecule has 0 saturated carbocycles. The van der Waals surface area contributed by atoms with Gasteiger partial charge in [-0.1, -0.05) is 15.9 Å². The number of amides is 1. The number of carbonyl (C=O) groups is 2. The van der Waals surface area contributed by atoms with Crippen LogP contribution in [0.15, 0.2) is 22.7 Å². The van der Waals surface area contributed by atoms with Crippen LogP contribution in [0.2, 0.25) is 0 Å². The molecule has 1 aliphatic rings. The highest BCUT2D eigenvalue weighted by Crippen LogP contribution is 2.24. The van der Waals surface area contributed by atoms with Gasteiger partial charge in [-0.3, -0.25) is 9.59 Å². The third kappa shape index (κ3) is 4.28. The Labute approximate surface area is 133 Å². The molecule has 114 valence electrons. The number of Topliss-reactive ketones (excluding diaryl/α,β-unsaturated/α-hetero) is 1. The molecule has 6 heteroatoms. The van der Waals surface area contributed by atoms with Gasteiger partial charge in [-0.2, -0.15) is 0 Å². The van der Waals surface area contributed by atoms with Crippen molar-refractivity contribution >= 4 is 27.6 Å². The SMILES string of the molecule is CC(=O)c1ccc(Br)cc1OCC(=O)N1CCN(C)CC1. The summed E-state index contributed by atoms with van der Waals surface area (Å²) in [5.41, 5.74) is 0.490. The van der Waals surface area contributed by atoms with Crippen molar-refractivity contribution in [2.75, 3.05) is 39.8 Å². The third-order valence-corrected chi connectivity index (χ3v) is 4.02. The van der Waals surface area contributed by atoms with E-state index in [4.69, 9.17) is 4.74 Å². The Balaban J connectivity index is 1.98. The molecule has 1 aromatic rings. The molecular formula is C15H19BrN2O3. The van der Waals surface area contributed by atoms with Crippen LogP contribution < -0.4 is 4.74 Å². The van der Waals surface area contributed by atoms with E-state index in [1.54, 1.807) is 23.1 Å². The predicted molar refractivity (Wildman–Crippen MR) is 83.7 cm³/mol. The largest absolute Gasteiger partial charge is 0.483 e. The van der Waals surface area contributed by atoms with Crippen LogP contribution in [0.25, 0.3) is 0 Å². The second-order valence-electron chi connectivity index (χ2n) is 5.17. The maximum absolute atomic E-state index is 12.1. The highest BCUT2D eigenvalue weighted by atomic mass is 79.9. The van der Waals surface area contributed by atoms with Crippen LogP contribution in [0.5, 0.6) is 5.75 Å². The zero-order chi connectivity index (χ0) is 15.4. The van der Waals surface area contributed by atoms with Crippen molar-refractivity contribution in [1.29, 1.82) is 0 Å². The molecule has 0 bridgehead atoms. The van der Waals surface area contributed by atoms with E-state index in [-0.39, 0.29) is 18.3 Å². The maximum Gasteiger partial charge on any atom is 0.260 e. The van der Waals surface area contributed by atoms with E-state index in [1.807, 2.05) is 7.05 Å². The van der Waals surface area contributed by atoms with Crippen LogP contribution in [0, 0.1) is 0 Å². The summed E-state index contributed by atoms with van der Waals surface area (Å²) in [5, 5.41) is 0. The highest BCUT2D eigenvalue weighted by Gasteiger charge is 2.20. The lowest BCUT2D eigenvalue weighted by atomic mass is 10.1. The molecule has 0 N–H and O–H groups in total. The number of ether oxygens (including phenoxy) is 1. The summed E-state index contributed by atoms with van der Waals surface area (Å²) in [6, 6.07) is 5.20. The zero-order valence-corrected chi connectivity index (χ0v) is 13.9. The van der Waals surface area contributed by atoms with Gasteiger partial charge in [-0.05, 0) is 32.2 Å². The van der Waals surface area contributed by atoms with Crippen molar-refractivity contribution in [3.8, 4) is 5.75 Å². The molecule has 0 radical (unpaired) electrons. The number of halogens is 1. The Bertz CT molecular complexity index is 540. The van der Waals surface area contributed by atoms with Gasteiger partial charge in [-0.25, -0.2) is 0 Å². The lowest BCUT2D eigenvalue weighted by Crippen LogP contribution is -2.48. The van der Waals surface area contributed by atoms with Crippen LogP contribution in [-0.2, 0) is 4.79 Å². The fourth-order valence-corrected chi connectivity index (χ4v) is 2.53. The Kier molecular flexibility index (Phi) is 5.36. The molecule has 0 spiro atoms. The molecule has 1 saturated heterocycles. The molecule has 21 heavy (non-hydrogen) atoms. The molecule has 1 aromatic carbocycles. The Morgan fingerprint density at radius 1 is 1.24 bits per heavy atom. The monoisotopic (exact) mass is 354 g/mol. The number of hydrogen-bond donors (Lipinski definition) is 0. The van der Waals surface area contributed by atoms with Crippen molar-refractivity contribution < 1.29 is 14.3 Å². The van der Waals surface area contributed by atoms with Crippen molar-refractivity contribution in [2.24, 2.45) is 0 Å². The Hall–Kier alpha value is -1.40. The van der Waals surface area contributed by atoms with E-state index in [9.17, 15) is 9.59 Å². The van der Waals surface area contributed by atoms with Gasteiger partial charge in [0.25, 0.3) is 5.91 Å². The van der Waals surface area contributed by atoms with Gasteiger partial charge in [0.15, 0.2) is 12.4 Å². The smallest absolute Gasteiger partial charge is 0.260 e. The van der Waals surface area contributed by atoms with Crippen molar-refractivity contribution in [2.45, 2.75) is 6.92 Å². The Morgan fingerprint density at radius 2 is 1.90 bits per heavy atom. The molecule has 1 aliphatic heterocycles. The number of rotatable bonds is 4. The Morgan fingerprint density at radius 3 is 2.52 bits per heavy atom. The quantitative estimate of drug-likeness (QED) is 0.773. The summed E-state index contributed by atoms with van der Waals surface area (Å²) in [7, 11) is 2.04. The van der Waals surface area contributed by atoms with Crippen molar-refractivity contribution in [3.63, 3.8) is 0 Å². The van der Waals surface area contributed by atoms with Gasteiger partial charge in [-0.15, -0.1) is 0 Å². The number of ketones is 1. The van der Waals surface area contributed by atoms with Gasteiger partial charge in [0, 0.05) is 30.7 Å². The molecule has 1 amide bonds. The minimum absolute atomic E-state index is 0.0412. The molecule has 0 aromatic heterocycles. The summed E-state index contributed by atoms with van der Waals surface area (Å²) in [4.78, 5) is 27.7. The van der Waals surface area contributed by atoms with E-state index in [1.165, 1.54) is 6.92 Å². The minimum Gasteiger partial charge on any atom is -0.483 e. The van der Waals surface area contributed by atoms with Crippen LogP contribution >= 0.6 is 15.9 Å². The molecule has 1 fully saturated rings. The summed E-state index contributed by atoms with van der Waals surface area (Å²) in [6.45, 7) is 4.63.